The molecule has 0 unspecified atom stereocenters. The summed E-state index contributed by atoms with van der Waals surface area (Å²) in [5.74, 6) is -0.364. The van der Waals surface area contributed by atoms with Crippen molar-refractivity contribution in [2.45, 2.75) is 25.9 Å². The molecule has 1 aromatic heterocycles. The highest BCUT2D eigenvalue weighted by molar-refractivity contribution is 9.10. The monoisotopic (exact) mass is 430 g/mol. The summed E-state index contributed by atoms with van der Waals surface area (Å²) in [7, 11) is 0. The molecule has 6 heteroatoms. The van der Waals surface area contributed by atoms with E-state index in [-0.39, 0.29) is 22.9 Å². The maximum Gasteiger partial charge on any atom is 0.257 e. The summed E-state index contributed by atoms with van der Waals surface area (Å²) in [4.78, 5) is 25.7. The Bertz CT molecular complexity index is 1090. The molecule has 0 bridgehead atoms. The van der Waals surface area contributed by atoms with E-state index in [0.717, 1.165) is 34.1 Å². The van der Waals surface area contributed by atoms with Crippen LogP contribution in [0.2, 0.25) is 5.02 Å². The molecule has 1 N–H and O–H groups in total. The molecule has 26 heavy (non-hydrogen) atoms. The van der Waals surface area contributed by atoms with Crippen molar-refractivity contribution in [1.82, 2.24) is 9.88 Å². The molecule has 4 nitrogen and oxygen atoms in total. The topological polar surface area (TPSA) is 51.1 Å². The lowest BCUT2D eigenvalue weighted by Crippen LogP contribution is -2.31. The second-order valence-corrected chi connectivity index (χ2v) is 7.88. The Morgan fingerprint density at radius 1 is 1.27 bits per heavy atom. The van der Waals surface area contributed by atoms with Crippen LogP contribution >= 0.6 is 27.5 Å². The molecule has 0 fully saturated rings. The van der Waals surface area contributed by atoms with Crippen molar-refractivity contribution >= 4 is 44.3 Å². The molecule has 4 rings (SSSR count). The number of hydrogen-bond acceptors (Lipinski definition) is 2. The number of halogens is 2. The standard InChI is InChI=1S/C20H16BrClN2O2/c1-11(12-2-4-15(22)5-3-12)23-20(26)17-10-24-7-6-13-8-14(21)9-16(18(13)24)19(17)25/h2-5,8-11H,6-7H2,1H3,(H,23,26)/t11-/m0/s1. The van der Waals surface area contributed by atoms with Crippen LogP contribution in [0.4, 0.5) is 0 Å². The molecule has 1 atom stereocenters. The molecule has 132 valence electrons. The third-order valence-corrected chi connectivity index (χ3v) is 5.51. The Balaban J connectivity index is 1.71. The van der Waals surface area contributed by atoms with Gasteiger partial charge in [-0.25, -0.2) is 0 Å². The SMILES string of the molecule is C[C@H](NC(=O)c1cn2c3c(cc(Br)cc3c1=O)CC2)c1ccc(Cl)cc1. The number of carbonyl (C=O) groups excluding carboxylic acids is 1. The summed E-state index contributed by atoms with van der Waals surface area (Å²) in [6.45, 7) is 2.66. The van der Waals surface area contributed by atoms with Crippen molar-refractivity contribution in [3.63, 3.8) is 0 Å². The van der Waals surface area contributed by atoms with Crippen LogP contribution in [0.3, 0.4) is 0 Å². The summed E-state index contributed by atoms with van der Waals surface area (Å²) in [6.07, 6.45) is 2.54. The average Bonchev–Trinajstić information content (AvgIpc) is 3.01. The van der Waals surface area contributed by atoms with Gasteiger partial charge < -0.3 is 9.88 Å². The van der Waals surface area contributed by atoms with Gasteiger partial charge in [0.05, 0.1) is 11.6 Å². The van der Waals surface area contributed by atoms with E-state index in [0.29, 0.717) is 10.4 Å². The summed E-state index contributed by atoms with van der Waals surface area (Å²) in [6, 6.07) is 10.9. The number of pyridine rings is 1. The zero-order valence-corrected chi connectivity index (χ0v) is 16.4. The minimum atomic E-state index is -0.364. The van der Waals surface area contributed by atoms with Gasteiger partial charge in [0.1, 0.15) is 5.56 Å². The third kappa shape index (κ3) is 2.95. The molecule has 2 aromatic carbocycles. The van der Waals surface area contributed by atoms with Gasteiger partial charge in [-0.05, 0) is 48.7 Å². The summed E-state index contributed by atoms with van der Waals surface area (Å²) in [5.41, 5.74) is 2.93. The summed E-state index contributed by atoms with van der Waals surface area (Å²) < 4.78 is 2.86. The second-order valence-electron chi connectivity index (χ2n) is 6.52. The number of amides is 1. The van der Waals surface area contributed by atoms with E-state index in [2.05, 4.69) is 21.2 Å². The Labute approximate surface area is 163 Å². The molecule has 3 aromatic rings. The molecule has 0 spiro atoms. The van der Waals surface area contributed by atoms with Gasteiger partial charge in [-0.2, -0.15) is 0 Å². The normalized spacial score (nSPS) is 13.8. The van der Waals surface area contributed by atoms with Gasteiger partial charge in [0, 0.05) is 27.6 Å². The molecule has 1 amide bonds. The highest BCUT2D eigenvalue weighted by Gasteiger charge is 2.22. The lowest BCUT2D eigenvalue weighted by atomic mass is 10.1. The molecule has 2 heterocycles. The average molecular weight is 432 g/mol. The fraction of sp³-hybridized carbons (Fsp3) is 0.200. The molecular weight excluding hydrogens is 416 g/mol. The van der Waals surface area contributed by atoms with Crippen LogP contribution in [0.1, 0.15) is 34.5 Å². The number of carbonyl (C=O) groups is 1. The van der Waals surface area contributed by atoms with Crippen LogP contribution in [0.5, 0.6) is 0 Å². The fourth-order valence-electron chi connectivity index (χ4n) is 3.47. The second kappa shape index (κ2) is 6.56. The van der Waals surface area contributed by atoms with Gasteiger partial charge in [-0.1, -0.05) is 39.7 Å². The van der Waals surface area contributed by atoms with Crippen molar-refractivity contribution in [2.75, 3.05) is 0 Å². The molecule has 1 aliphatic rings. The quantitative estimate of drug-likeness (QED) is 0.665. The van der Waals surface area contributed by atoms with Crippen molar-refractivity contribution in [1.29, 1.82) is 0 Å². The van der Waals surface area contributed by atoms with Gasteiger partial charge >= 0.3 is 0 Å². The highest BCUT2D eigenvalue weighted by Crippen LogP contribution is 2.28. The smallest absolute Gasteiger partial charge is 0.257 e. The lowest BCUT2D eigenvalue weighted by Gasteiger charge is -2.15. The van der Waals surface area contributed by atoms with Crippen LogP contribution in [-0.4, -0.2) is 10.5 Å². The number of nitrogens with zero attached hydrogens (tertiary/aromatic N) is 1. The van der Waals surface area contributed by atoms with Gasteiger partial charge in [-0.15, -0.1) is 0 Å². The number of nitrogens with one attached hydrogen (secondary N) is 1. The van der Waals surface area contributed by atoms with E-state index in [4.69, 9.17) is 11.6 Å². The Hall–Kier alpha value is -2.11. The van der Waals surface area contributed by atoms with Crippen LogP contribution in [-0.2, 0) is 13.0 Å². The fourth-order valence-corrected chi connectivity index (χ4v) is 4.10. The van der Waals surface area contributed by atoms with Gasteiger partial charge in [0.15, 0.2) is 0 Å². The zero-order chi connectivity index (χ0) is 18.4. The van der Waals surface area contributed by atoms with Crippen LogP contribution in [0, 0.1) is 0 Å². The maximum absolute atomic E-state index is 12.9. The van der Waals surface area contributed by atoms with E-state index in [1.54, 1.807) is 24.4 Å². The number of benzene rings is 2. The van der Waals surface area contributed by atoms with Crippen molar-refractivity contribution < 1.29 is 4.79 Å². The summed E-state index contributed by atoms with van der Waals surface area (Å²) in [5, 5.41) is 4.14. The van der Waals surface area contributed by atoms with E-state index in [1.807, 2.05) is 29.7 Å². The zero-order valence-electron chi connectivity index (χ0n) is 14.1. The molecule has 0 aliphatic carbocycles. The lowest BCUT2D eigenvalue weighted by molar-refractivity contribution is 0.0938. The Kier molecular flexibility index (Phi) is 4.37. The van der Waals surface area contributed by atoms with E-state index in [9.17, 15) is 9.59 Å². The van der Waals surface area contributed by atoms with E-state index >= 15 is 0 Å². The number of hydrogen-bond donors (Lipinski definition) is 1. The number of aryl methyl sites for hydroxylation is 2. The number of aromatic nitrogens is 1. The molecular formula is C20H16BrClN2O2. The maximum atomic E-state index is 12.9. The largest absolute Gasteiger partial charge is 0.346 e. The molecule has 0 radical (unpaired) electrons. The summed E-state index contributed by atoms with van der Waals surface area (Å²) >= 11 is 9.37. The van der Waals surface area contributed by atoms with Gasteiger partial charge in [0.2, 0.25) is 5.43 Å². The Morgan fingerprint density at radius 2 is 2.00 bits per heavy atom. The first-order valence-electron chi connectivity index (χ1n) is 8.36. The minimum Gasteiger partial charge on any atom is -0.346 e. The van der Waals surface area contributed by atoms with Gasteiger partial charge in [-0.3, -0.25) is 9.59 Å². The highest BCUT2D eigenvalue weighted by atomic mass is 79.9. The Morgan fingerprint density at radius 3 is 2.73 bits per heavy atom. The molecule has 0 saturated carbocycles. The van der Waals surface area contributed by atoms with Crippen molar-refractivity contribution in [3.8, 4) is 0 Å². The first-order valence-corrected chi connectivity index (χ1v) is 9.53. The third-order valence-electron chi connectivity index (χ3n) is 4.80. The molecule has 1 aliphatic heterocycles. The van der Waals surface area contributed by atoms with Crippen molar-refractivity contribution in [2.24, 2.45) is 0 Å². The van der Waals surface area contributed by atoms with Crippen LogP contribution in [0.15, 0.2) is 51.9 Å². The van der Waals surface area contributed by atoms with E-state index in [1.165, 1.54) is 0 Å². The van der Waals surface area contributed by atoms with Crippen molar-refractivity contribution in [3.05, 3.63) is 79.0 Å². The number of rotatable bonds is 3. The minimum absolute atomic E-state index is 0.171. The van der Waals surface area contributed by atoms with E-state index < -0.39 is 0 Å². The van der Waals surface area contributed by atoms with Crippen LogP contribution in [0.25, 0.3) is 10.9 Å². The molecule has 0 saturated heterocycles. The first-order chi connectivity index (χ1) is 12.4. The van der Waals surface area contributed by atoms with Crippen LogP contribution < -0.4 is 10.7 Å². The predicted octanol–water partition coefficient (Wildman–Crippen LogP) is 4.46. The van der Waals surface area contributed by atoms with Gasteiger partial charge in [0.25, 0.3) is 5.91 Å². The predicted molar refractivity (Wildman–Crippen MR) is 107 cm³/mol. The first kappa shape index (κ1) is 17.3.